The fourth-order valence-electron chi connectivity index (χ4n) is 2.16. The maximum atomic E-state index is 4.19. The molecule has 0 aliphatic carbocycles. The minimum Gasteiger partial charge on any atom is -0.364 e. The van der Waals surface area contributed by atoms with E-state index in [4.69, 9.17) is 0 Å². The van der Waals surface area contributed by atoms with Gasteiger partial charge in [0.05, 0.1) is 11.9 Å². The highest BCUT2D eigenvalue weighted by atomic mass is 15.2. The van der Waals surface area contributed by atoms with Gasteiger partial charge in [0.1, 0.15) is 0 Å². The Morgan fingerprint density at radius 3 is 3.13 bits per heavy atom. The predicted octanol–water partition coefficient (Wildman–Crippen LogP) is 1.66. The highest BCUT2D eigenvalue weighted by Crippen LogP contribution is 2.19. The number of aromatic nitrogens is 1. The summed E-state index contributed by atoms with van der Waals surface area (Å²) in [7, 11) is 0. The quantitative estimate of drug-likeness (QED) is 0.796. The van der Waals surface area contributed by atoms with Crippen molar-refractivity contribution < 1.29 is 0 Å². The van der Waals surface area contributed by atoms with E-state index in [1.165, 1.54) is 12.1 Å². The molecular formula is C12H19N3. The molecule has 1 saturated heterocycles. The van der Waals surface area contributed by atoms with Crippen LogP contribution in [0.1, 0.15) is 20.3 Å². The fraction of sp³-hybridized carbons (Fsp3) is 0.583. The summed E-state index contributed by atoms with van der Waals surface area (Å²) in [6.45, 7) is 6.62. The van der Waals surface area contributed by atoms with E-state index in [2.05, 4.69) is 35.1 Å². The molecule has 82 valence electrons. The van der Waals surface area contributed by atoms with Crippen LogP contribution in [-0.2, 0) is 0 Å². The zero-order valence-corrected chi connectivity index (χ0v) is 9.48. The van der Waals surface area contributed by atoms with Crippen molar-refractivity contribution in [2.24, 2.45) is 0 Å². The number of piperazine rings is 1. The molecule has 3 heteroatoms. The third-order valence-corrected chi connectivity index (χ3v) is 3.06. The van der Waals surface area contributed by atoms with Crippen molar-refractivity contribution in [2.75, 3.05) is 18.0 Å². The van der Waals surface area contributed by atoms with Crippen molar-refractivity contribution in [1.82, 2.24) is 10.3 Å². The second kappa shape index (κ2) is 4.62. The summed E-state index contributed by atoms with van der Waals surface area (Å²) in [6, 6.07) is 5.32. The van der Waals surface area contributed by atoms with Gasteiger partial charge in [0.25, 0.3) is 0 Å². The molecule has 2 heterocycles. The molecule has 1 aromatic rings. The molecule has 1 aliphatic heterocycles. The molecular weight excluding hydrogens is 186 g/mol. The van der Waals surface area contributed by atoms with Crippen LogP contribution in [0.2, 0.25) is 0 Å². The minimum absolute atomic E-state index is 0.563. The van der Waals surface area contributed by atoms with Gasteiger partial charge in [-0.05, 0) is 25.5 Å². The van der Waals surface area contributed by atoms with Crippen LogP contribution in [0.5, 0.6) is 0 Å². The largest absolute Gasteiger partial charge is 0.364 e. The SMILES string of the molecule is CCC1CNC(C)CN1c1cccnc1. The summed E-state index contributed by atoms with van der Waals surface area (Å²) < 4.78 is 0. The summed E-state index contributed by atoms with van der Waals surface area (Å²) in [6.07, 6.45) is 4.96. The van der Waals surface area contributed by atoms with E-state index in [0.717, 1.165) is 13.1 Å². The van der Waals surface area contributed by atoms with Crippen molar-refractivity contribution in [3.63, 3.8) is 0 Å². The van der Waals surface area contributed by atoms with Crippen LogP contribution in [-0.4, -0.2) is 30.2 Å². The predicted molar refractivity (Wildman–Crippen MR) is 63.1 cm³/mol. The summed E-state index contributed by atoms with van der Waals surface area (Å²) in [5.74, 6) is 0. The van der Waals surface area contributed by atoms with E-state index in [9.17, 15) is 0 Å². The van der Waals surface area contributed by atoms with E-state index in [-0.39, 0.29) is 0 Å². The van der Waals surface area contributed by atoms with Gasteiger partial charge in [0, 0.05) is 31.4 Å². The molecule has 2 rings (SSSR count). The first-order valence-electron chi connectivity index (χ1n) is 5.71. The van der Waals surface area contributed by atoms with E-state index in [0.29, 0.717) is 12.1 Å². The number of pyridine rings is 1. The molecule has 2 atom stereocenters. The normalized spacial score (nSPS) is 26.7. The van der Waals surface area contributed by atoms with Crippen LogP contribution in [0.3, 0.4) is 0 Å². The highest BCUT2D eigenvalue weighted by molar-refractivity contribution is 5.45. The molecule has 15 heavy (non-hydrogen) atoms. The van der Waals surface area contributed by atoms with Crippen LogP contribution in [0.25, 0.3) is 0 Å². The number of hydrogen-bond donors (Lipinski definition) is 1. The highest BCUT2D eigenvalue weighted by Gasteiger charge is 2.24. The summed E-state index contributed by atoms with van der Waals surface area (Å²) in [4.78, 5) is 6.66. The van der Waals surface area contributed by atoms with Crippen molar-refractivity contribution >= 4 is 5.69 Å². The smallest absolute Gasteiger partial charge is 0.0556 e. The lowest BCUT2D eigenvalue weighted by molar-refractivity contribution is 0.402. The molecule has 2 unspecified atom stereocenters. The van der Waals surface area contributed by atoms with Gasteiger partial charge >= 0.3 is 0 Å². The van der Waals surface area contributed by atoms with Gasteiger partial charge in [0.15, 0.2) is 0 Å². The Kier molecular flexibility index (Phi) is 3.21. The molecule has 0 amide bonds. The maximum Gasteiger partial charge on any atom is 0.0556 e. The standard InChI is InChI=1S/C12H19N3/c1-3-11-8-14-10(2)9-15(11)12-5-4-6-13-7-12/h4-7,10-11,14H,3,8-9H2,1-2H3. The Balaban J connectivity index is 2.17. The van der Waals surface area contributed by atoms with Gasteiger partial charge in [-0.3, -0.25) is 4.98 Å². The molecule has 0 spiro atoms. The van der Waals surface area contributed by atoms with Gasteiger partial charge < -0.3 is 10.2 Å². The maximum absolute atomic E-state index is 4.19. The first kappa shape index (κ1) is 10.4. The number of nitrogens with one attached hydrogen (secondary N) is 1. The summed E-state index contributed by atoms with van der Waals surface area (Å²) in [5.41, 5.74) is 1.25. The number of rotatable bonds is 2. The summed E-state index contributed by atoms with van der Waals surface area (Å²) >= 11 is 0. The van der Waals surface area contributed by atoms with Gasteiger partial charge in [-0.2, -0.15) is 0 Å². The zero-order valence-electron chi connectivity index (χ0n) is 9.48. The number of anilines is 1. The second-order valence-electron chi connectivity index (χ2n) is 4.23. The van der Waals surface area contributed by atoms with Crippen LogP contribution in [0, 0.1) is 0 Å². The van der Waals surface area contributed by atoms with E-state index < -0.39 is 0 Å². The molecule has 3 nitrogen and oxygen atoms in total. The van der Waals surface area contributed by atoms with Crippen molar-refractivity contribution in [2.45, 2.75) is 32.4 Å². The Labute approximate surface area is 91.5 Å². The van der Waals surface area contributed by atoms with Crippen molar-refractivity contribution in [3.05, 3.63) is 24.5 Å². The van der Waals surface area contributed by atoms with Gasteiger partial charge in [-0.25, -0.2) is 0 Å². The molecule has 1 aromatic heterocycles. The topological polar surface area (TPSA) is 28.2 Å². The molecule has 0 aromatic carbocycles. The van der Waals surface area contributed by atoms with E-state index in [1.54, 1.807) is 0 Å². The second-order valence-corrected chi connectivity index (χ2v) is 4.23. The Hall–Kier alpha value is -1.09. The monoisotopic (exact) mass is 205 g/mol. The van der Waals surface area contributed by atoms with Crippen LogP contribution in [0.15, 0.2) is 24.5 Å². The van der Waals surface area contributed by atoms with Gasteiger partial charge in [-0.1, -0.05) is 6.92 Å². The molecule has 1 fully saturated rings. The molecule has 0 bridgehead atoms. The van der Waals surface area contributed by atoms with Gasteiger partial charge in [0.2, 0.25) is 0 Å². The van der Waals surface area contributed by atoms with Gasteiger partial charge in [-0.15, -0.1) is 0 Å². The average molecular weight is 205 g/mol. The Morgan fingerprint density at radius 2 is 2.47 bits per heavy atom. The number of hydrogen-bond acceptors (Lipinski definition) is 3. The zero-order chi connectivity index (χ0) is 10.7. The first-order valence-corrected chi connectivity index (χ1v) is 5.71. The van der Waals surface area contributed by atoms with Crippen molar-refractivity contribution in [3.8, 4) is 0 Å². The molecule has 0 saturated carbocycles. The Morgan fingerprint density at radius 1 is 1.60 bits per heavy atom. The fourth-order valence-corrected chi connectivity index (χ4v) is 2.16. The van der Waals surface area contributed by atoms with Crippen LogP contribution in [0.4, 0.5) is 5.69 Å². The molecule has 0 radical (unpaired) electrons. The van der Waals surface area contributed by atoms with E-state index >= 15 is 0 Å². The minimum atomic E-state index is 0.563. The number of nitrogens with zero attached hydrogens (tertiary/aromatic N) is 2. The first-order chi connectivity index (χ1) is 7.31. The van der Waals surface area contributed by atoms with Crippen LogP contribution >= 0.6 is 0 Å². The summed E-state index contributed by atoms with van der Waals surface area (Å²) in [5, 5.41) is 3.52. The Bertz CT molecular complexity index is 299. The molecule has 1 N–H and O–H groups in total. The average Bonchev–Trinajstić information content (AvgIpc) is 2.30. The molecule has 1 aliphatic rings. The third kappa shape index (κ3) is 2.29. The lowest BCUT2D eigenvalue weighted by Gasteiger charge is -2.40. The lowest BCUT2D eigenvalue weighted by atomic mass is 10.1. The third-order valence-electron chi connectivity index (χ3n) is 3.06. The van der Waals surface area contributed by atoms with Crippen LogP contribution < -0.4 is 10.2 Å². The van der Waals surface area contributed by atoms with E-state index in [1.807, 2.05) is 18.5 Å². The van der Waals surface area contributed by atoms with Crippen molar-refractivity contribution in [1.29, 1.82) is 0 Å². The lowest BCUT2D eigenvalue weighted by Crippen LogP contribution is -2.55.